The molecule has 2 heterocycles. The third kappa shape index (κ3) is 4.70. The molecule has 0 aliphatic rings. The first-order valence-corrected chi connectivity index (χ1v) is 11.6. The molecule has 6 nitrogen and oxygen atoms in total. The van der Waals surface area contributed by atoms with Crippen molar-refractivity contribution in [1.29, 1.82) is 0 Å². The van der Waals surface area contributed by atoms with Gasteiger partial charge in [0.1, 0.15) is 17.0 Å². The molecule has 0 spiro atoms. The van der Waals surface area contributed by atoms with E-state index in [1.54, 1.807) is 23.7 Å². The number of ether oxygens (including phenoxy) is 1. The Morgan fingerprint density at radius 1 is 1.06 bits per heavy atom. The van der Waals surface area contributed by atoms with Crippen LogP contribution in [0.5, 0.6) is 5.88 Å². The van der Waals surface area contributed by atoms with Gasteiger partial charge in [0.2, 0.25) is 5.88 Å². The second-order valence-electron chi connectivity index (χ2n) is 8.55. The van der Waals surface area contributed by atoms with Crippen LogP contribution >= 0.6 is 23.4 Å². The van der Waals surface area contributed by atoms with Crippen molar-refractivity contribution in [1.82, 2.24) is 14.9 Å². The van der Waals surface area contributed by atoms with Crippen LogP contribution in [-0.4, -0.2) is 20.9 Å². The maximum atomic E-state index is 13.5. The molecule has 2 aromatic heterocycles. The molecule has 0 bridgehead atoms. The zero-order chi connectivity index (χ0) is 23.8. The topological polar surface area (TPSA) is 70.2 Å². The van der Waals surface area contributed by atoms with Crippen molar-refractivity contribution in [3.8, 4) is 17.1 Å². The van der Waals surface area contributed by atoms with Crippen LogP contribution in [0.4, 0.5) is 0 Å². The summed E-state index contributed by atoms with van der Waals surface area (Å²) in [5.41, 5.74) is 1.54. The number of esters is 1. The summed E-state index contributed by atoms with van der Waals surface area (Å²) in [4.78, 5) is 15.3. The lowest BCUT2D eigenvalue weighted by Gasteiger charge is -2.22. The molecule has 0 aliphatic heterocycles. The molecule has 4 aromatic rings. The van der Waals surface area contributed by atoms with E-state index in [4.69, 9.17) is 20.9 Å². The summed E-state index contributed by atoms with van der Waals surface area (Å²) < 4.78 is 13.1. The predicted molar refractivity (Wildman–Crippen MR) is 129 cm³/mol. The number of aromatic nitrogens is 3. The van der Waals surface area contributed by atoms with Gasteiger partial charge in [0.25, 0.3) is 0 Å². The van der Waals surface area contributed by atoms with Crippen LogP contribution in [0.15, 0.2) is 68.9 Å². The first kappa shape index (κ1) is 23.1. The fourth-order valence-electron chi connectivity index (χ4n) is 3.35. The van der Waals surface area contributed by atoms with Gasteiger partial charge in [0.15, 0.2) is 0 Å². The highest BCUT2D eigenvalue weighted by molar-refractivity contribution is 7.99. The van der Waals surface area contributed by atoms with E-state index in [1.165, 1.54) is 11.8 Å². The summed E-state index contributed by atoms with van der Waals surface area (Å²) in [5, 5.41) is 9.24. The van der Waals surface area contributed by atoms with Crippen molar-refractivity contribution in [2.75, 3.05) is 0 Å². The highest BCUT2D eigenvalue weighted by atomic mass is 35.5. The summed E-state index contributed by atoms with van der Waals surface area (Å²) in [6.45, 7) is 9.61. The molecule has 0 radical (unpaired) electrons. The zero-order valence-corrected chi connectivity index (χ0v) is 20.6. The lowest BCUT2D eigenvalue weighted by molar-refractivity contribution is 0.0703. The summed E-state index contributed by atoms with van der Waals surface area (Å²) in [7, 11) is 0. The molecule has 0 atom stereocenters. The maximum Gasteiger partial charge on any atom is 0.350 e. The van der Waals surface area contributed by atoms with E-state index < -0.39 is 11.5 Å². The Balaban J connectivity index is 1.78. The maximum absolute atomic E-state index is 13.5. The zero-order valence-electron chi connectivity index (χ0n) is 19.0. The Labute approximate surface area is 201 Å². The summed E-state index contributed by atoms with van der Waals surface area (Å²) >= 11 is 7.86. The number of hydrogen-bond acceptors (Lipinski definition) is 6. The SMILES string of the molecule is Cc1nn(C(C)(C)C)c(OC(=O)c2c(-c3ccccc3Cl)noc2C)c1Sc1ccccc1. The Kier molecular flexibility index (Phi) is 6.36. The van der Waals surface area contributed by atoms with Gasteiger partial charge in [-0.3, -0.25) is 0 Å². The Bertz CT molecular complexity index is 1310. The average Bonchev–Trinajstić information content (AvgIpc) is 3.30. The van der Waals surface area contributed by atoms with Crippen molar-refractivity contribution in [2.45, 2.75) is 49.9 Å². The molecule has 4 rings (SSSR count). The predicted octanol–water partition coefficient (Wildman–Crippen LogP) is 6.93. The minimum atomic E-state index is -0.580. The molecule has 170 valence electrons. The van der Waals surface area contributed by atoms with Gasteiger partial charge in [0, 0.05) is 10.5 Å². The highest BCUT2D eigenvalue weighted by Gasteiger charge is 2.31. The van der Waals surface area contributed by atoms with Gasteiger partial charge in [-0.05, 0) is 52.8 Å². The van der Waals surface area contributed by atoms with Gasteiger partial charge in [-0.25, -0.2) is 9.48 Å². The number of carbonyl (C=O) groups excluding carboxylic acids is 1. The number of halogens is 1. The van der Waals surface area contributed by atoms with Gasteiger partial charge in [-0.2, -0.15) is 5.10 Å². The van der Waals surface area contributed by atoms with Crippen LogP contribution in [-0.2, 0) is 5.54 Å². The van der Waals surface area contributed by atoms with Crippen LogP contribution in [0.1, 0.15) is 42.6 Å². The molecule has 0 saturated heterocycles. The van der Waals surface area contributed by atoms with Crippen molar-refractivity contribution in [3.05, 3.63) is 76.6 Å². The van der Waals surface area contributed by atoms with E-state index >= 15 is 0 Å². The first-order chi connectivity index (χ1) is 15.7. The van der Waals surface area contributed by atoms with E-state index in [0.29, 0.717) is 27.9 Å². The smallest absolute Gasteiger partial charge is 0.350 e. The number of aryl methyl sites for hydroxylation is 2. The number of benzene rings is 2. The van der Waals surface area contributed by atoms with Crippen LogP contribution in [0.2, 0.25) is 5.02 Å². The van der Waals surface area contributed by atoms with Gasteiger partial charge in [0.05, 0.1) is 21.2 Å². The number of hydrogen-bond donors (Lipinski definition) is 0. The molecule has 0 unspecified atom stereocenters. The number of nitrogens with zero attached hydrogens (tertiary/aromatic N) is 3. The minimum Gasteiger partial charge on any atom is -0.403 e. The Morgan fingerprint density at radius 3 is 2.39 bits per heavy atom. The van der Waals surface area contributed by atoms with Crippen molar-refractivity contribution < 1.29 is 14.1 Å². The standard InChI is InChI=1S/C25H24ClN3O3S/c1-15-22(33-17-11-7-6-8-12-17)23(29(27-15)25(3,4)5)31-24(30)20-16(2)32-28-21(20)18-13-9-10-14-19(18)26/h6-14H,1-5H3. The normalized spacial score (nSPS) is 11.6. The molecule has 0 N–H and O–H groups in total. The average molecular weight is 482 g/mol. The van der Waals surface area contributed by atoms with E-state index in [2.05, 4.69) is 10.3 Å². The monoisotopic (exact) mass is 481 g/mol. The quantitative estimate of drug-likeness (QED) is 0.288. The van der Waals surface area contributed by atoms with E-state index in [9.17, 15) is 4.79 Å². The molecule has 2 aromatic carbocycles. The summed E-state index contributed by atoms with van der Waals surface area (Å²) in [6.07, 6.45) is 0. The molecular weight excluding hydrogens is 458 g/mol. The summed E-state index contributed by atoms with van der Waals surface area (Å²) in [5.74, 6) is 0.152. The third-order valence-corrected chi connectivity index (χ3v) is 6.46. The number of rotatable bonds is 5. The Morgan fingerprint density at radius 2 is 1.73 bits per heavy atom. The van der Waals surface area contributed by atoms with Gasteiger partial charge in [-0.15, -0.1) is 0 Å². The fourth-order valence-corrected chi connectivity index (χ4v) is 4.51. The van der Waals surface area contributed by atoms with E-state index in [1.807, 2.05) is 70.2 Å². The second-order valence-corrected chi connectivity index (χ2v) is 10.0. The van der Waals surface area contributed by atoms with Crippen LogP contribution < -0.4 is 4.74 Å². The molecule has 8 heteroatoms. The molecular formula is C25H24ClN3O3S. The molecule has 0 saturated carbocycles. The second kappa shape index (κ2) is 9.08. The van der Waals surface area contributed by atoms with E-state index in [-0.39, 0.29) is 5.56 Å². The van der Waals surface area contributed by atoms with Gasteiger partial charge < -0.3 is 9.26 Å². The Hall–Kier alpha value is -3.03. The van der Waals surface area contributed by atoms with Gasteiger partial charge >= 0.3 is 5.97 Å². The molecule has 33 heavy (non-hydrogen) atoms. The fraction of sp³-hybridized carbons (Fsp3) is 0.240. The first-order valence-electron chi connectivity index (χ1n) is 10.4. The van der Waals surface area contributed by atoms with E-state index in [0.717, 1.165) is 15.5 Å². The van der Waals surface area contributed by atoms with Crippen LogP contribution in [0.3, 0.4) is 0 Å². The lowest BCUT2D eigenvalue weighted by Crippen LogP contribution is -2.25. The van der Waals surface area contributed by atoms with Crippen LogP contribution in [0.25, 0.3) is 11.3 Å². The molecule has 0 fully saturated rings. The van der Waals surface area contributed by atoms with Crippen molar-refractivity contribution in [2.24, 2.45) is 0 Å². The van der Waals surface area contributed by atoms with Crippen molar-refractivity contribution >= 4 is 29.3 Å². The van der Waals surface area contributed by atoms with Gasteiger partial charge in [-0.1, -0.05) is 64.9 Å². The largest absolute Gasteiger partial charge is 0.403 e. The minimum absolute atomic E-state index is 0.234. The number of carbonyl (C=O) groups is 1. The van der Waals surface area contributed by atoms with Crippen molar-refractivity contribution in [3.63, 3.8) is 0 Å². The highest BCUT2D eigenvalue weighted by Crippen LogP contribution is 2.41. The lowest BCUT2D eigenvalue weighted by atomic mass is 10.1. The molecule has 0 amide bonds. The van der Waals surface area contributed by atoms with Crippen LogP contribution in [0, 0.1) is 13.8 Å². The molecule has 0 aliphatic carbocycles. The summed E-state index contributed by atoms with van der Waals surface area (Å²) in [6, 6.07) is 17.1. The third-order valence-electron chi connectivity index (χ3n) is 4.95.